The third kappa shape index (κ3) is 3.04. The number of amides is 1. The number of nitrogens with zero attached hydrogens (tertiary/aromatic N) is 1. The number of aromatic nitrogens is 1. The Kier molecular flexibility index (Phi) is 3.35. The Morgan fingerprint density at radius 2 is 1.94 bits per heavy atom. The molecule has 86 valence electrons. The van der Waals surface area contributed by atoms with Crippen molar-refractivity contribution in [1.29, 1.82) is 0 Å². The minimum atomic E-state index is -0.186. The van der Waals surface area contributed by atoms with E-state index in [1.54, 1.807) is 24.5 Å². The Hall–Kier alpha value is -2.36. The molecule has 2 rings (SSSR count). The second kappa shape index (κ2) is 5.12. The number of carbonyl (C=O) groups is 1. The average molecular weight is 227 g/mol. The van der Waals surface area contributed by atoms with Crippen LogP contribution in [0.1, 0.15) is 15.9 Å². The largest absolute Gasteiger partial charge is 0.298 e. The van der Waals surface area contributed by atoms with Gasteiger partial charge in [-0.25, -0.2) is 0 Å². The molecule has 0 aliphatic heterocycles. The summed E-state index contributed by atoms with van der Waals surface area (Å²) in [7, 11) is 0. The van der Waals surface area contributed by atoms with E-state index in [-0.39, 0.29) is 5.91 Å². The lowest BCUT2D eigenvalue weighted by Crippen LogP contribution is -2.29. The summed E-state index contributed by atoms with van der Waals surface area (Å²) in [6, 6.07) is 11.1. The molecule has 0 saturated heterocycles. The van der Waals surface area contributed by atoms with Crippen LogP contribution < -0.4 is 10.9 Å². The molecule has 0 spiro atoms. The van der Waals surface area contributed by atoms with Crippen LogP contribution in [0.25, 0.3) is 0 Å². The first kappa shape index (κ1) is 11.1. The van der Waals surface area contributed by atoms with Crippen molar-refractivity contribution in [2.75, 3.05) is 5.43 Å². The Bertz CT molecular complexity index is 511. The van der Waals surface area contributed by atoms with Crippen LogP contribution in [0.15, 0.2) is 48.8 Å². The highest BCUT2D eigenvalue weighted by Crippen LogP contribution is 2.08. The number of hydrogen-bond donors (Lipinski definition) is 2. The molecule has 1 aromatic carbocycles. The molecule has 2 aromatic rings. The minimum absolute atomic E-state index is 0.186. The summed E-state index contributed by atoms with van der Waals surface area (Å²) < 4.78 is 0. The Labute approximate surface area is 99.7 Å². The van der Waals surface area contributed by atoms with Gasteiger partial charge in [0.15, 0.2) is 0 Å². The van der Waals surface area contributed by atoms with Crippen LogP contribution in [0.5, 0.6) is 0 Å². The first-order chi connectivity index (χ1) is 8.25. The van der Waals surface area contributed by atoms with E-state index in [4.69, 9.17) is 0 Å². The smallest absolute Gasteiger partial charge is 0.269 e. The van der Waals surface area contributed by atoms with Crippen LogP contribution in [0, 0.1) is 6.92 Å². The molecule has 2 N–H and O–H groups in total. The maximum absolute atomic E-state index is 11.7. The van der Waals surface area contributed by atoms with E-state index in [0.29, 0.717) is 5.56 Å². The molecule has 1 heterocycles. The van der Waals surface area contributed by atoms with E-state index in [1.807, 2.05) is 31.2 Å². The summed E-state index contributed by atoms with van der Waals surface area (Å²) in [5.41, 5.74) is 8.05. The maximum Gasteiger partial charge on any atom is 0.269 e. The molecule has 0 fully saturated rings. The van der Waals surface area contributed by atoms with Crippen molar-refractivity contribution in [2.45, 2.75) is 6.92 Å². The van der Waals surface area contributed by atoms with E-state index in [0.717, 1.165) is 11.3 Å². The zero-order chi connectivity index (χ0) is 12.1. The number of hydrazine groups is 1. The molecule has 0 aliphatic rings. The fourth-order valence-corrected chi connectivity index (χ4v) is 1.43. The van der Waals surface area contributed by atoms with Gasteiger partial charge < -0.3 is 0 Å². The Morgan fingerprint density at radius 1 is 1.18 bits per heavy atom. The van der Waals surface area contributed by atoms with E-state index < -0.39 is 0 Å². The number of benzene rings is 1. The third-order valence-corrected chi connectivity index (χ3v) is 2.28. The topological polar surface area (TPSA) is 54.0 Å². The van der Waals surface area contributed by atoms with Gasteiger partial charge in [-0.2, -0.15) is 0 Å². The van der Waals surface area contributed by atoms with E-state index >= 15 is 0 Å². The zero-order valence-electron chi connectivity index (χ0n) is 9.47. The van der Waals surface area contributed by atoms with Crippen LogP contribution in [-0.4, -0.2) is 10.9 Å². The van der Waals surface area contributed by atoms with Crippen LogP contribution in [0.4, 0.5) is 5.69 Å². The van der Waals surface area contributed by atoms with Crippen molar-refractivity contribution in [1.82, 2.24) is 10.4 Å². The van der Waals surface area contributed by atoms with E-state index in [2.05, 4.69) is 15.8 Å². The van der Waals surface area contributed by atoms with Crippen molar-refractivity contribution in [3.05, 3.63) is 59.9 Å². The highest BCUT2D eigenvalue weighted by molar-refractivity contribution is 5.94. The zero-order valence-corrected chi connectivity index (χ0v) is 9.47. The van der Waals surface area contributed by atoms with Gasteiger partial charge in [-0.1, -0.05) is 12.1 Å². The normalized spacial score (nSPS) is 9.71. The number of aryl methyl sites for hydroxylation is 1. The molecule has 1 aromatic heterocycles. The summed E-state index contributed by atoms with van der Waals surface area (Å²) >= 11 is 0. The molecule has 0 aliphatic carbocycles. The molecular formula is C13H13N3O. The van der Waals surface area contributed by atoms with Gasteiger partial charge >= 0.3 is 0 Å². The first-order valence-electron chi connectivity index (χ1n) is 5.29. The lowest BCUT2D eigenvalue weighted by Gasteiger charge is -2.08. The van der Waals surface area contributed by atoms with Gasteiger partial charge in [0.25, 0.3) is 5.91 Å². The molecule has 0 bridgehead atoms. The van der Waals surface area contributed by atoms with Crippen molar-refractivity contribution in [3.8, 4) is 0 Å². The minimum Gasteiger partial charge on any atom is -0.298 e. The number of anilines is 1. The number of pyridine rings is 1. The Balaban J connectivity index is 1.97. The first-order valence-corrected chi connectivity index (χ1v) is 5.29. The highest BCUT2D eigenvalue weighted by atomic mass is 16.2. The molecular weight excluding hydrogens is 214 g/mol. The molecule has 0 radical (unpaired) electrons. The van der Waals surface area contributed by atoms with E-state index in [9.17, 15) is 4.79 Å². The molecule has 17 heavy (non-hydrogen) atoms. The molecule has 1 amide bonds. The highest BCUT2D eigenvalue weighted by Gasteiger charge is 2.03. The number of carbonyl (C=O) groups excluding carboxylic acids is 1. The van der Waals surface area contributed by atoms with Crippen LogP contribution in [0.3, 0.4) is 0 Å². The van der Waals surface area contributed by atoms with E-state index in [1.165, 1.54) is 0 Å². The van der Waals surface area contributed by atoms with Crippen LogP contribution >= 0.6 is 0 Å². The SMILES string of the molecule is Cc1cccc(NNC(=O)c2ccncc2)c1. The monoisotopic (exact) mass is 227 g/mol. The quantitative estimate of drug-likeness (QED) is 0.790. The summed E-state index contributed by atoms with van der Waals surface area (Å²) in [4.78, 5) is 15.6. The predicted molar refractivity (Wildman–Crippen MR) is 66.5 cm³/mol. The van der Waals surface area contributed by atoms with Crippen molar-refractivity contribution < 1.29 is 4.79 Å². The second-order valence-corrected chi connectivity index (χ2v) is 3.68. The molecule has 4 nitrogen and oxygen atoms in total. The summed E-state index contributed by atoms with van der Waals surface area (Å²) in [6.45, 7) is 2.00. The summed E-state index contributed by atoms with van der Waals surface area (Å²) in [5.74, 6) is -0.186. The van der Waals surface area contributed by atoms with Crippen LogP contribution in [-0.2, 0) is 0 Å². The van der Waals surface area contributed by atoms with Gasteiger partial charge in [0.1, 0.15) is 0 Å². The number of hydrogen-bond acceptors (Lipinski definition) is 3. The van der Waals surface area contributed by atoms with Crippen molar-refractivity contribution >= 4 is 11.6 Å². The molecule has 0 atom stereocenters. The van der Waals surface area contributed by atoms with Gasteiger partial charge in [-0.05, 0) is 36.8 Å². The van der Waals surface area contributed by atoms with Gasteiger partial charge in [0.05, 0.1) is 5.69 Å². The fourth-order valence-electron chi connectivity index (χ4n) is 1.43. The fraction of sp³-hybridized carbons (Fsp3) is 0.0769. The van der Waals surface area contributed by atoms with Crippen molar-refractivity contribution in [3.63, 3.8) is 0 Å². The van der Waals surface area contributed by atoms with Gasteiger partial charge in [0, 0.05) is 18.0 Å². The molecule has 0 unspecified atom stereocenters. The molecule has 4 heteroatoms. The number of nitrogens with one attached hydrogen (secondary N) is 2. The lowest BCUT2D eigenvalue weighted by atomic mass is 10.2. The van der Waals surface area contributed by atoms with Crippen LogP contribution in [0.2, 0.25) is 0 Å². The maximum atomic E-state index is 11.7. The summed E-state index contributed by atoms with van der Waals surface area (Å²) in [5, 5.41) is 0. The molecule has 0 saturated carbocycles. The standard InChI is InChI=1S/C13H13N3O/c1-10-3-2-4-12(9-10)15-16-13(17)11-5-7-14-8-6-11/h2-9,15H,1H3,(H,16,17). The second-order valence-electron chi connectivity index (χ2n) is 3.68. The van der Waals surface area contributed by atoms with Crippen molar-refractivity contribution in [2.24, 2.45) is 0 Å². The van der Waals surface area contributed by atoms with Gasteiger partial charge in [0.2, 0.25) is 0 Å². The Morgan fingerprint density at radius 3 is 2.65 bits per heavy atom. The third-order valence-electron chi connectivity index (χ3n) is 2.28. The van der Waals surface area contributed by atoms with Gasteiger partial charge in [-0.15, -0.1) is 0 Å². The predicted octanol–water partition coefficient (Wildman–Crippen LogP) is 2.15. The number of rotatable bonds is 3. The summed E-state index contributed by atoms with van der Waals surface area (Å²) in [6.07, 6.45) is 3.17. The lowest BCUT2D eigenvalue weighted by molar-refractivity contribution is 0.0962. The van der Waals surface area contributed by atoms with Gasteiger partial charge in [-0.3, -0.25) is 20.6 Å². The average Bonchev–Trinajstić information content (AvgIpc) is 2.37.